The topological polar surface area (TPSA) is 72.9 Å². The quantitative estimate of drug-likeness (QED) is 0.327. The van der Waals surface area contributed by atoms with Crippen LogP contribution in [-0.2, 0) is 19.7 Å². The first-order valence-corrected chi connectivity index (χ1v) is 11.9. The van der Waals surface area contributed by atoms with Crippen molar-refractivity contribution in [3.8, 4) is 11.1 Å². The zero-order valence-electron chi connectivity index (χ0n) is 19.0. The fourth-order valence-corrected chi connectivity index (χ4v) is 4.75. The standard InChI is InChI=1S/C27H23IN4O2/c1-17-5-4-6-18(13-17)21-14-25(33)32(3)22-11-12-23(30-26(21)22)27(34,24-15-29-16-31(24)2)19-7-9-20(28)10-8-19/h4-16,34H,1-3H3/t27-/m1/s1. The normalized spacial score (nSPS) is 13.2. The van der Waals surface area contributed by atoms with Crippen molar-refractivity contribution in [3.05, 3.63) is 116 Å². The van der Waals surface area contributed by atoms with Crippen molar-refractivity contribution in [3.63, 3.8) is 0 Å². The maximum Gasteiger partial charge on any atom is 0.251 e. The molecule has 0 aliphatic rings. The number of nitrogens with zero attached hydrogens (tertiary/aromatic N) is 4. The Labute approximate surface area is 210 Å². The summed E-state index contributed by atoms with van der Waals surface area (Å²) in [7, 11) is 3.58. The summed E-state index contributed by atoms with van der Waals surface area (Å²) in [6.45, 7) is 2.02. The van der Waals surface area contributed by atoms with Crippen LogP contribution in [0.4, 0.5) is 0 Å². The van der Waals surface area contributed by atoms with Crippen molar-refractivity contribution in [2.45, 2.75) is 12.5 Å². The molecule has 7 heteroatoms. The third-order valence-electron chi connectivity index (χ3n) is 6.24. The van der Waals surface area contributed by atoms with E-state index in [9.17, 15) is 9.90 Å². The lowest BCUT2D eigenvalue weighted by molar-refractivity contribution is 0.113. The molecule has 0 radical (unpaired) electrons. The molecule has 5 rings (SSSR count). The lowest BCUT2D eigenvalue weighted by Crippen LogP contribution is -2.32. The first-order valence-electron chi connectivity index (χ1n) is 10.8. The minimum atomic E-state index is -1.54. The number of halogens is 1. The van der Waals surface area contributed by atoms with E-state index in [0.29, 0.717) is 28.0 Å². The van der Waals surface area contributed by atoms with Crippen LogP contribution in [0.2, 0.25) is 0 Å². The highest BCUT2D eigenvalue weighted by Gasteiger charge is 2.38. The predicted octanol–water partition coefficient (Wildman–Crippen LogP) is 4.53. The monoisotopic (exact) mass is 562 g/mol. The van der Waals surface area contributed by atoms with Crippen molar-refractivity contribution in [2.75, 3.05) is 0 Å². The summed E-state index contributed by atoms with van der Waals surface area (Å²) in [5.41, 5.74) is 4.17. The van der Waals surface area contributed by atoms with Gasteiger partial charge in [0.15, 0.2) is 5.60 Å². The van der Waals surface area contributed by atoms with Crippen LogP contribution in [0.25, 0.3) is 22.2 Å². The summed E-state index contributed by atoms with van der Waals surface area (Å²) >= 11 is 2.24. The summed E-state index contributed by atoms with van der Waals surface area (Å²) in [5.74, 6) is 0. The summed E-state index contributed by atoms with van der Waals surface area (Å²) < 4.78 is 4.45. The number of benzene rings is 2. The molecule has 3 heterocycles. The number of hydrogen-bond acceptors (Lipinski definition) is 4. The average molecular weight is 562 g/mol. The Morgan fingerprint density at radius 2 is 1.76 bits per heavy atom. The summed E-state index contributed by atoms with van der Waals surface area (Å²) in [5, 5.41) is 12.3. The Bertz CT molecular complexity index is 1590. The zero-order valence-corrected chi connectivity index (χ0v) is 21.2. The van der Waals surface area contributed by atoms with Crippen molar-refractivity contribution < 1.29 is 5.11 Å². The van der Waals surface area contributed by atoms with Gasteiger partial charge in [0, 0.05) is 29.3 Å². The molecule has 1 atom stereocenters. The van der Waals surface area contributed by atoms with Gasteiger partial charge in [-0.25, -0.2) is 9.97 Å². The van der Waals surface area contributed by atoms with E-state index in [-0.39, 0.29) is 5.56 Å². The largest absolute Gasteiger partial charge is 0.373 e. The molecule has 0 aliphatic carbocycles. The van der Waals surface area contributed by atoms with Gasteiger partial charge in [0.25, 0.3) is 5.56 Å². The molecule has 0 saturated heterocycles. The number of rotatable bonds is 4. The Morgan fingerprint density at radius 1 is 1.00 bits per heavy atom. The van der Waals surface area contributed by atoms with Crippen LogP contribution in [0.1, 0.15) is 22.5 Å². The molecule has 34 heavy (non-hydrogen) atoms. The lowest BCUT2D eigenvalue weighted by atomic mass is 9.86. The van der Waals surface area contributed by atoms with Crippen molar-refractivity contribution >= 4 is 33.6 Å². The molecule has 0 spiro atoms. The smallest absolute Gasteiger partial charge is 0.251 e. The predicted molar refractivity (Wildman–Crippen MR) is 142 cm³/mol. The fourth-order valence-electron chi connectivity index (χ4n) is 4.39. The van der Waals surface area contributed by atoms with Gasteiger partial charge in [-0.05, 0) is 64.9 Å². The molecular formula is C27H23IN4O2. The molecule has 170 valence electrons. The van der Waals surface area contributed by atoms with Gasteiger partial charge in [-0.3, -0.25) is 4.79 Å². The van der Waals surface area contributed by atoms with Gasteiger partial charge >= 0.3 is 0 Å². The molecule has 5 aromatic rings. The fraction of sp³-hybridized carbons (Fsp3) is 0.148. The van der Waals surface area contributed by atoms with E-state index in [4.69, 9.17) is 4.98 Å². The second-order valence-electron chi connectivity index (χ2n) is 8.50. The summed E-state index contributed by atoms with van der Waals surface area (Å²) in [4.78, 5) is 22.0. The van der Waals surface area contributed by atoms with Crippen LogP contribution < -0.4 is 5.56 Å². The van der Waals surface area contributed by atoms with E-state index in [2.05, 4.69) is 27.6 Å². The highest BCUT2D eigenvalue weighted by atomic mass is 127. The average Bonchev–Trinajstić information content (AvgIpc) is 3.27. The van der Waals surface area contributed by atoms with E-state index in [1.54, 1.807) is 40.8 Å². The molecule has 6 nitrogen and oxygen atoms in total. The number of fused-ring (bicyclic) bond motifs is 1. The number of aryl methyl sites for hydroxylation is 3. The second-order valence-corrected chi connectivity index (χ2v) is 9.74. The van der Waals surface area contributed by atoms with Gasteiger partial charge in [-0.2, -0.15) is 0 Å². The van der Waals surface area contributed by atoms with Gasteiger partial charge in [0.05, 0.1) is 34.9 Å². The maximum absolute atomic E-state index is 12.8. The maximum atomic E-state index is 12.8. The molecule has 3 aromatic heterocycles. The lowest BCUT2D eigenvalue weighted by Gasteiger charge is -2.29. The highest BCUT2D eigenvalue weighted by Crippen LogP contribution is 2.37. The van der Waals surface area contributed by atoms with Crippen molar-refractivity contribution in [1.82, 2.24) is 19.1 Å². The van der Waals surface area contributed by atoms with Gasteiger partial charge in [-0.15, -0.1) is 0 Å². The van der Waals surface area contributed by atoms with Gasteiger partial charge in [0.2, 0.25) is 0 Å². The number of imidazole rings is 1. The zero-order chi connectivity index (χ0) is 24.0. The van der Waals surface area contributed by atoms with Gasteiger partial charge < -0.3 is 14.2 Å². The Hall–Kier alpha value is -3.30. The van der Waals surface area contributed by atoms with Gasteiger partial charge in [0.1, 0.15) is 0 Å². The number of hydrogen-bond donors (Lipinski definition) is 1. The SMILES string of the molecule is Cc1cccc(-c2cc(=O)n(C)c3ccc([C@](O)(c4ccc(I)cc4)c4cncn4C)nc23)c1. The minimum absolute atomic E-state index is 0.113. The molecule has 0 aliphatic heterocycles. The molecule has 1 N–H and O–H groups in total. The molecule has 0 fully saturated rings. The first-order chi connectivity index (χ1) is 16.3. The Morgan fingerprint density at radius 3 is 2.44 bits per heavy atom. The molecule has 0 bridgehead atoms. The Kier molecular flexibility index (Phi) is 5.61. The first kappa shape index (κ1) is 22.5. The third-order valence-corrected chi connectivity index (χ3v) is 6.96. The van der Waals surface area contributed by atoms with Crippen LogP contribution in [0.3, 0.4) is 0 Å². The molecule has 2 aromatic carbocycles. The number of aromatic nitrogens is 4. The molecule has 0 amide bonds. The second kappa shape index (κ2) is 8.48. The third kappa shape index (κ3) is 3.65. The van der Waals surface area contributed by atoms with E-state index < -0.39 is 5.60 Å². The minimum Gasteiger partial charge on any atom is -0.373 e. The number of aliphatic hydroxyl groups is 1. The van der Waals surface area contributed by atoms with Crippen molar-refractivity contribution in [2.24, 2.45) is 14.1 Å². The van der Waals surface area contributed by atoms with Crippen LogP contribution in [-0.4, -0.2) is 24.2 Å². The molecule has 0 unspecified atom stereocenters. The van der Waals surface area contributed by atoms with E-state index in [0.717, 1.165) is 20.3 Å². The van der Waals surface area contributed by atoms with E-state index in [1.807, 2.05) is 68.6 Å². The molecular weight excluding hydrogens is 539 g/mol. The highest BCUT2D eigenvalue weighted by molar-refractivity contribution is 14.1. The van der Waals surface area contributed by atoms with E-state index >= 15 is 0 Å². The summed E-state index contributed by atoms with van der Waals surface area (Å²) in [6.07, 6.45) is 3.32. The van der Waals surface area contributed by atoms with E-state index in [1.165, 1.54) is 0 Å². The van der Waals surface area contributed by atoms with Crippen LogP contribution in [0.5, 0.6) is 0 Å². The number of pyridine rings is 2. The summed E-state index contributed by atoms with van der Waals surface area (Å²) in [6, 6.07) is 21.0. The van der Waals surface area contributed by atoms with Crippen LogP contribution in [0.15, 0.2) is 84.0 Å². The van der Waals surface area contributed by atoms with Crippen molar-refractivity contribution in [1.29, 1.82) is 0 Å². The van der Waals surface area contributed by atoms with Gasteiger partial charge in [-0.1, -0.05) is 42.0 Å². The molecule has 0 saturated carbocycles. The Balaban J connectivity index is 1.84. The van der Waals surface area contributed by atoms with Crippen LogP contribution >= 0.6 is 22.6 Å². The van der Waals surface area contributed by atoms with Crippen LogP contribution in [0, 0.1) is 10.5 Å².